The highest BCUT2D eigenvalue weighted by molar-refractivity contribution is 5.82. The summed E-state index contributed by atoms with van der Waals surface area (Å²) in [6, 6.07) is 9.65. The molecule has 1 aromatic rings. The van der Waals surface area contributed by atoms with E-state index in [0.717, 1.165) is 5.56 Å². The van der Waals surface area contributed by atoms with Crippen LogP contribution in [0.2, 0.25) is 0 Å². The van der Waals surface area contributed by atoms with E-state index >= 15 is 0 Å². The quantitative estimate of drug-likeness (QED) is 0.749. The summed E-state index contributed by atoms with van der Waals surface area (Å²) in [7, 11) is 0. The second kappa shape index (κ2) is 8.25. The van der Waals surface area contributed by atoms with Crippen LogP contribution in [0.3, 0.4) is 0 Å². The zero-order valence-corrected chi connectivity index (χ0v) is 12.7. The van der Waals surface area contributed by atoms with E-state index in [4.69, 9.17) is 5.11 Å². The predicted molar refractivity (Wildman–Crippen MR) is 83.1 cm³/mol. The van der Waals surface area contributed by atoms with Gasteiger partial charge in [-0.25, -0.2) is 0 Å². The molecule has 0 spiro atoms. The van der Waals surface area contributed by atoms with Crippen molar-refractivity contribution in [3.05, 3.63) is 48.6 Å². The smallest absolute Gasteiger partial charge is 0.323 e. The van der Waals surface area contributed by atoms with Gasteiger partial charge in [0.05, 0.1) is 0 Å². The van der Waals surface area contributed by atoms with E-state index in [2.05, 4.69) is 6.58 Å². The van der Waals surface area contributed by atoms with Gasteiger partial charge in [-0.2, -0.15) is 0 Å². The lowest BCUT2D eigenvalue weighted by atomic mass is 9.95. The van der Waals surface area contributed by atoms with Crippen LogP contribution < -0.4 is 0 Å². The number of amides is 1. The normalized spacial score (nSPS) is 12.0. The number of carboxylic acids is 1. The molecule has 1 unspecified atom stereocenters. The van der Waals surface area contributed by atoms with Crippen molar-refractivity contribution in [1.29, 1.82) is 0 Å². The third-order valence-corrected chi connectivity index (χ3v) is 3.17. The number of nitrogens with zero attached hydrogens (tertiary/aromatic N) is 1. The van der Waals surface area contributed by atoms with Crippen LogP contribution in [0, 0.1) is 5.92 Å². The number of carboxylic acid groups (broad SMARTS) is 1. The lowest BCUT2D eigenvalue weighted by Crippen LogP contribution is -2.38. The first-order valence-corrected chi connectivity index (χ1v) is 7.11. The predicted octanol–water partition coefficient (Wildman–Crippen LogP) is 2.92. The van der Waals surface area contributed by atoms with Crippen LogP contribution >= 0.6 is 0 Å². The minimum atomic E-state index is -0.987. The average Bonchev–Trinajstić information content (AvgIpc) is 2.43. The van der Waals surface area contributed by atoms with E-state index in [0.29, 0.717) is 6.54 Å². The molecule has 0 fully saturated rings. The van der Waals surface area contributed by atoms with Gasteiger partial charge in [-0.3, -0.25) is 9.59 Å². The van der Waals surface area contributed by atoms with Crippen molar-refractivity contribution in [2.24, 2.45) is 5.92 Å². The zero-order valence-electron chi connectivity index (χ0n) is 12.7. The maximum Gasteiger partial charge on any atom is 0.323 e. The van der Waals surface area contributed by atoms with Gasteiger partial charge in [-0.15, -0.1) is 6.58 Å². The fraction of sp³-hybridized carbons (Fsp3) is 0.412. The molecule has 1 rings (SSSR count). The second-order valence-electron chi connectivity index (χ2n) is 5.52. The Labute approximate surface area is 126 Å². The molecule has 4 heteroatoms. The van der Waals surface area contributed by atoms with Gasteiger partial charge in [0.2, 0.25) is 5.91 Å². The Morgan fingerprint density at radius 1 is 1.29 bits per heavy atom. The van der Waals surface area contributed by atoms with Crippen molar-refractivity contribution in [3.63, 3.8) is 0 Å². The number of rotatable bonds is 8. The first kappa shape index (κ1) is 17.0. The van der Waals surface area contributed by atoms with Crippen LogP contribution in [-0.4, -0.2) is 35.0 Å². The molecule has 21 heavy (non-hydrogen) atoms. The number of hydrogen-bond acceptors (Lipinski definition) is 2. The number of benzene rings is 1. The summed E-state index contributed by atoms with van der Waals surface area (Å²) in [6.45, 7) is 7.90. The molecule has 0 saturated heterocycles. The van der Waals surface area contributed by atoms with Crippen molar-refractivity contribution >= 4 is 11.9 Å². The van der Waals surface area contributed by atoms with Gasteiger partial charge in [-0.1, -0.05) is 50.3 Å². The lowest BCUT2D eigenvalue weighted by Gasteiger charge is -2.24. The third kappa shape index (κ3) is 5.81. The highest BCUT2D eigenvalue weighted by Gasteiger charge is 2.21. The van der Waals surface area contributed by atoms with Gasteiger partial charge >= 0.3 is 5.97 Å². The monoisotopic (exact) mass is 289 g/mol. The molecular formula is C17H23NO3. The molecule has 1 amide bonds. The molecule has 0 aromatic heterocycles. The van der Waals surface area contributed by atoms with Crippen molar-refractivity contribution in [2.75, 3.05) is 13.1 Å². The highest BCUT2D eigenvalue weighted by Crippen LogP contribution is 2.21. The lowest BCUT2D eigenvalue weighted by molar-refractivity contribution is -0.144. The SMILES string of the molecule is C=CC(CC(=O)N(CC(=O)O)CC(C)C)c1ccccc1. The summed E-state index contributed by atoms with van der Waals surface area (Å²) in [5, 5.41) is 8.94. The van der Waals surface area contributed by atoms with Gasteiger partial charge in [0.1, 0.15) is 6.54 Å². The molecule has 0 bridgehead atoms. The molecule has 4 nitrogen and oxygen atoms in total. The molecule has 114 valence electrons. The largest absolute Gasteiger partial charge is 0.480 e. The standard InChI is InChI=1S/C17H23NO3/c1-4-14(15-8-6-5-7-9-15)10-16(19)18(11-13(2)3)12-17(20)21/h4-9,13-14H,1,10-12H2,2-3H3,(H,20,21). The minimum Gasteiger partial charge on any atom is -0.480 e. The molecular weight excluding hydrogens is 266 g/mol. The van der Waals surface area contributed by atoms with Crippen molar-refractivity contribution < 1.29 is 14.7 Å². The molecule has 1 aromatic carbocycles. The summed E-state index contributed by atoms with van der Waals surface area (Å²) in [5.41, 5.74) is 1.01. The van der Waals surface area contributed by atoms with Crippen molar-refractivity contribution in [2.45, 2.75) is 26.2 Å². The topological polar surface area (TPSA) is 57.6 Å². The number of aliphatic carboxylic acids is 1. The van der Waals surface area contributed by atoms with Crippen molar-refractivity contribution in [1.82, 2.24) is 4.90 Å². The second-order valence-corrected chi connectivity index (χ2v) is 5.52. The van der Waals surface area contributed by atoms with E-state index in [1.807, 2.05) is 44.2 Å². The first-order valence-electron chi connectivity index (χ1n) is 7.11. The average molecular weight is 289 g/mol. The molecule has 0 aliphatic heterocycles. The van der Waals surface area contributed by atoms with Crippen LogP contribution in [0.4, 0.5) is 0 Å². The summed E-state index contributed by atoms with van der Waals surface area (Å²) >= 11 is 0. The summed E-state index contributed by atoms with van der Waals surface area (Å²) in [6.07, 6.45) is 1.98. The van der Waals surface area contributed by atoms with Gasteiger partial charge < -0.3 is 10.0 Å². The van der Waals surface area contributed by atoms with Crippen molar-refractivity contribution in [3.8, 4) is 0 Å². The molecule has 0 aliphatic rings. The van der Waals surface area contributed by atoms with E-state index in [-0.39, 0.29) is 30.7 Å². The fourth-order valence-electron chi connectivity index (χ4n) is 2.21. The highest BCUT2D eigenvalue weighted by atomic mass is 16.4. The van der Waals surface area contributed by atoms with Gasteiger partial charge in [0.25, 0.3) is 0 Å². The maximum atomic E-state index is 12.4. The van der Waals surface area contributed by atoms with Crippen LogP contribution in [0.1, 0.15) is 31.7 Å². The molecule has 0 heterocycles. The van der Waals surface area contributed by atoms with Crippen LogP contribution in [0.5, 0.6) is 0 Å². The summed E-state index contributed by atoms with van der Waals surface area (Å²) in [4.78, 5) is 24.7. The molecule has 0 saturated carbocycles. The first-order chi connectivity index (χ1) is 9.93. The maximum absolute atomic E-state index is 12.4. The minimum absolute atomic E-state index is 0.0952. The van der Waals surface area contributed by atoms with E-state index in [9.17, 15) is 9.59 Å². The Kier molecular flexibility index (Phi) is 6.66. The Morgan fingerprint density at radius 3 is 2.38 bits per heavy atom. The van der Waals surface area contributed by atoms with Crippen LogP contribution in [0.15, 0.2) is 43.0 Å². The van der Waals surface area contributed by atoms with Crippen LogP contribution in [0.25, 0.3) is 0 Å². The Balaban J connectivity index is 2.78. The molecule has 0 aliphatic carbocycles. The number of hydrogen-bond donors (Lipinski definition) is 1. The molecule has 1 atom stereocenters. The fourth-order valence-corrected chi connectivity index (χ4v) is 2.21. The third-order valence-electron chi connectivity index (χ3n) is 3.17. The molecule has 0 radical (unpaired) electrons. The van der Waals surface area contributed by atoms with Crippen LogP contribution in [-0.2, 0) is 9.59 Å². The zero-order chi connectivity index (χ0) is 15.8. The summed E-state index contributed by atoms with van der Waals surface area (Å²) < 4.78 is 0. The summed E-state index contributed by atoms with van der Waals surface area (Å²) in [5.74, 6) is -1.01. The Bertz CT molecular complexity index is 482. The molecule has 1 N–H and O–H groups in total. The van der Waals surface area contributed by atoms with E-state index in [1.165, 1.54) is 4.90 Å². The van der Waals surface area contributed by atoms with Gasteiger partial charge in [0, 0.05) is 18.9 Å². The van der Waals surface area contributed by atoms with E-state index in [1.54, 1.807) is 6.08 Å². The number of carbonyl (C=O) groups is 2. The Morgan fingerprint density at radius 2 is 1.90 bits per heavy atom. The van der Waals surface area contributed by atoms with E-state index < -0.39 is 5.97 Å². The number of allylic oxidation sites excluding steroid dienone is 1. The van der Waals surface area contributed by atoms with Gasteiger partial charge in [0.15, 0.2) is 0 Å². The number of carbonyl (C=O) groups excluding carboxylic acids is 1. The Hall–Kier alpha value is -2.10. The van der Waals surface area contributed by atoms with Gasteiger partial charge in [-0.05, 0) is 11.5 Å².